The molecule has 1 unspecified atom stereocenters. The van der Waals surface area contributed by atoms with E-state index in [1.165, 1.54) is 0 Å². The van der Waals surface area contributed by atoms with E-state index in [1.807, 2.05) is 88.4 Å². The van der Waals surface area contributed by atoms with Crippen LogP contribution in [0.4, 0.5) is 11.6 Å². The topological polar surface area (TPSA) is 107 Å². The lowest BCUT2D eigenvalue weighted by Crippen LogP contribution is -2.33. The highest BCUT2D eigenvalue weighted by molar-refractivity contribution is 6.04. The molecular formula is C30H30N6O2. The summed E-state index contributed by atoms with van der Waals surface area (Å²) in [7, 11) is 0. The van der Waals surface area contributed by atoms with E-state index in [0.717, 1.165) is 5.39 Å². The molecule has 0 radical (unpaired) electrons. The number of anilines is 2. The van der Waals surface area contributed by atoms with E-state index in [9.17, 15) is 9.59 Å². The first-order valence-corrected chi connectivity index (χ1v) is 12.5. The summed E-state index contributed by atoms with van der Waals surface area (Å²) in [5.41, 5.74) is 7.97. The lowest BCUT2D eigenvalue weighted by atomic mass is 9.96. The number of pyridine rings is 1. The fourth-order valence-electron chi connectivity index (χ4n) is 4.51. The Morgan fingerprint density at radius 1 is 1.16 bits per heavy atom. The standard InChI is InChI=1S/C30H30N6O2/c1-19(33-28(37)25-26(31)34-35-17-9-16-32-27(25)35)23-18-21-11-8-10-20(14-15-30(2,3)4)24(21)29(38)36(23)22-12-6-5-7-13-22/h5-13,17-19,32H,16H2,1-4H3,(H2,31,34)(H,33,37). The summed E-state index contributed by atoms with van der Waals surface area (Å²) < 4.78 is 3.20. The molecule has 1 aliphatic rings. The highest BCUT2D eigenvalue weighted by Crippen LogP contribution is 2.27. The van der Waals surface area contributed by atoms with E-state index in [0.29, 0.717) is 34.7 Å². The summed E-state index contributed by atoms with van der Waals surface area (Å²) in [5.74, 6) is 6.74. The minimum atomic E-state index is -0.529. The number of nitrogens with zero attached hydrogens (tertiary/aromatic N) is 3. The molecule has 8 heteroatoms. The van der Waals surface area contributed by atoms with Crippen LogP contribution in [0, 0.1) is 17.3 Å². The third-order valence-electron chi connectivity index (χ3n) is 6.25. The number of carbonyl (C=O) groups is 1. The second-order valence-corrected chi connectivity index (χ2v) is 10.3. The molecule has 2 aromatic heterocycles. The first-order valence-electron chi connectivity index (χ1n) is 12.5. The summed E-state index contributed by atoms with van der Waals surface area (Å²) in [4.78, 5) is 27.5. The number of aromatic nitrogens is 3. The third kappa shape index (κ3) is 4.66. The first kappa shape index (κ1) is 24.9. The quantitative estimate of drug-likeness (QED) is 0.352. The number of hydrogen-bond donors (Lipinski definition) is 3. The molecule has 5 rings (SSSR count). The summed E-state index contributed by atoms with van der Waals surface area (Å²) in [6.45, 7) is 8.52. The van der Waals surface area contributed by atoms with Gasteiger partial charge in [-0.3, -0.25) is 14.2 Å². The van der Waals surface area contributed by atoms with Crippen molar-refractivity contribution in [3.63, 3.8) is 0 Å². The number of fused-ring (bicyclic) bond motifs is 2. The molecule has 38 heavy (non-hydrogen) atoms. The number of para-hydroxylation sites is 1. The van der Waals surface area contributed by atoms with E-state index in [2.05, 4.69) is 27.6 Å². The highest BCUT2D eigenvalue weighted by Gasteiger charge is 2.26. The number of hydrogen-bond acceptors (Lipinski definition) is 5. The van der Waals surface area contributed by atoms with Crippen molar-refractivity contribution >= 4 is 34.5 Å². The van der Waals surface area contributed by atoms with Crippen molar-refractivity contribution in [2.45, 2.75) is 33.7 Å². The van der Waals surface area contributed by atoms with Gasteiger partial charge in [-0.25, -0.2) is 4.68 Å². The van der Waals surface area contributed by atoms with Crippen molar-refractivity contribution in [3.05, 3.63) is 87.8 Å². The van der Waals surface area contributed by atoms with E-state index in [4.69, 9.17) is 5.73 Å². The van der Waals surface area contributed by atoms with Gasteiger partial charge >= 0.3 is 0 Å². The van der Waals surface area contributed by atoms with Gasteiger partial charge in [0.2, 0.25) is 0 Å². The third-order valence-corrected chi connectivity index (χ3v) is 6.25. The Morgan fingerprint density at radius 2 is 1.92 bits per heavy atom. The number of nitrogens with one attached hydrogen (secondary N) is 2. The number of rotatable bonds is 4. The summed E-state index contributed by atoms with van der Waals surface area (Å²) in [6.07, 6.45) is 3.65. The molecular weight excluding hydrogens is 476 g/mol. The van der Waals surface area contributed by atoms with Crippen LogP contribution in [0.1, 0.15) is 55.4 Å². The molecule has 0 spiro atoms. The predicted octanol–water partition coefficient (Wildman–Crippen LogP) is 4.55. The second kappa shape index (κ2) is 9.60. The van der Waals surface area contributed by atoms with Gasteiger partial charge in [-0.05, 0) is 63.4 Å². The monoisotopic (exact) mass is 506 g/mol. The Kier molecular flexibility index (Phi) is 6.29. The molecule has 4 N–H and O–H groups in total. The molecule has 1 amide bonds. The summed E-state index contributed by atoms with van der Waals surface area (Å²) >= 11 is 0. The van der Waals surface area contributed by atoms with Gasteiger partial charge in [-0.1, -0.05) is 42.2 Å². The number of nitrogen functional groups attached to an aromatic ring is 1. The Bertz CT molecular complexity index is 1690. The molecule has 3 heterocycles. The van der Waals surface area contributed by atoms with Crippen molar-refractivity contribution < 1.29 is 4.79 Å². The van der Waals surface area contributed by atoms with E-state index >= 15 is 0 Å². The van der Waals surface area contributed by atoms with Gasteiger partial charge in [0.25, 0.3) is 11.5 Å². The van der Waals surface area contributed by atoms with Gasteiger partial charge in [0.15, 0.2) is 5.82 Å². The molecule has 1 aliphatic heterocycles. The zero-order valence-corrected chi connectivity index (χ0v) is 21.9. The zero-order valence-electron chi connectivity index (χ0n) is 21.9. The Morgan fingerprint density at radius 3 is 2.66 bits per heavy atom. The van der Waals surface area contributed by atoms with Crippen LogP contribution >= 0.6 is 0 Å². The van der Waals surface area contributed by atoms with Crippen LogP contribution in [0.2, 0.25) is 0 Å². The lowest BCUT2D eigenvalue weighted by molar-refractivity contribution is 0.0940. The number of amides is 1. The molecule has 0 saturated carbocycles. The number of benzene rings is 2. The van der Waals surface area contributed by atoms with Crippen LogP contribution in [-0.4, -0.2) is 26.8 Å². The molecule has 0 bridgehead atoms. The zero-order chi connectivity index (χ0) is 27.0. The van der Waals surface area contributed by atoms with E-state index < -0.39 is 6.04 Å². The first-order chi connectivity index (χ1) is 18.1. The van der Waals surface area contributed by atoms with E-state index in [-0.39, 0.29) is 28.3 Å². The number of carbonyl (C=O) groups excluding carboxylic acids is 1. The molecule has 0 saturated heterocycles. The van der Waals surface area contributed by atoms with Crippen LogP contribution < -0.4 is 21.9 Å². The van der Waals surface area contributed by atoms with Crippen molar-refractivity contribution in [2.75, 3.05) is 17.6 Å². The van der Waals surface area contributed by atoms with Crippen LogP contribution in [0.5, 0.6) is 0 Å². The average Bonchev–Trinajstić information content (AvgIpc) is 3.23. The van der Waals surface area contributed by atoms with Crippen LogP contribution in [-0.2, 0) is 0 Å². The van der Waals surface area contributed by atoms with Gasteiger partial charge in [-0.2, -0.15) is 0 Å². The van der Waals surface area contributed by atoms with E-state index in [1.54, 1.807) is 15.4 Å². The van der Waals surface area contributed by atoms with Gasteiger partial charge in [0.05, 0.1) is 11.4 Å². The maximum atomic E-state index is 14.1. The molecule has 192 valence electrons. The van der Waals surface area contributed by atoms with Gasteiger partial charge in [0.1, 0.15) is 11.4 Å². The molecule has 4 aromatic rings. The smallest absolute Gasteiger partial charge is 0.264 e. The molecule has 8 nitrogen and oxygen atoms in total. The normalized spacial score (nSPS) is 13.3. The Labute approximate surface area is 221 Å². The van der Waals surface area contributed by atoms with Gasteiger partial charge in [-0.15, -0.1) is 5.10 Å². The molecule has 1 atom stereocenters. The fraction of sp³-hybridized carbons (Fsp3) is 0.233. The summed E-state index contributed by atoms with van der Waals surface area (Å²) in [5, 5.41) is 11.7. The largest absolute Gasteiger partial charge is 0.381 e. The SMILES string of the molecule is CC(NC(=O)c1c(N)nn2c1NCC=C2)c1cc2cccc(C#CC(C)(C)C)c2c(=O)n1-c1ccccc1. The molecule has 0 aliphatic carbocycles. The molecule has 2 aromatic carbocycles. The predicted molar refractivity (Wildman–Crippen MR) is 152 cm³/mol. The van der Waals surface area contributed by atoms with Crippen LogP contribution in [0.25, 0.3) is 22.7 Å². The maximum absolute atomic E-state index is 14.1. The average molecular weight is 507 g/mol. The maximum Gasteiger partial charge on any atom is 0.264 e. The summed E-state index contributed by atoms with van der Waals surface area (Å²) in [6, 6.07) is 16.5. The second-order valence-electron chi connectivity index (χ2n) is 10.3. The van der Waals surface area contributed by atoms with Crippen molar-refractivity contribution in [1.82, 2.24) is 19.7 Å². The van der Waals surface area contributed by atoms with Gasteiger partial charge in [0, 0.05) is 35.1 Å². The Balaban J connectivity index is 1.64. The van der Waals surface area contributed by atoms with Crippen molar-refractivity contribution in [1.29, 1.82) is 0 Å². The Hall–Kier alpha value is -4.77. The minimum absolute atomic E-state index is 0.129. The fourth-order valence-corrected chi connectivity index (χ4v) is 4.51. The lowest BCUT2D eigenvalue weighted by Gasteiger charge is -2.21. The van der Waals surface area contributed by atoms with Crippen LogP contribution in [0.3, 0.4) is 0 Å². The minimum Gasteiger partial charge on any atom is -0.381 e. The van der Waals surface area contributed by atoms with Gasteiger partial charge < -0.3 is 16.4 Å². The molecule has 0 fully saturated rings. The van der Waals surface area contributed by atoms with Crippen molar-refractivity contribution in [2.24, 2.45) is 5.41 Å². The van der Waals surface area contributed by atoms with Crippen molar-refractivity contribution in [3.8, 4) is 17.5 Å². The number of nitrogens with two attached hydrogens (primary N) is 1. The van der Waals surface area contributed by atoms with Crippen LogP contribution in [0.15, 0.2) is 65.5 Å². The highest BCUT2D eigenvalue weighted by atomic mass is 16.2.